The summed E-state index contributed by atoms with van der Waals surface area (Å²) >= 11 is 5.83. The lowest BCUT2D eigenvalue weighted by Gasteiger charge is -2.19. The monoisotopic (exact) mass is 322 g/mol. The molecule has 3 N–H and O–H groups in total. The summed E-state index contributed by atoms with van der Waals surface area (Å²) in [6.45, 7) is 1.67. The second-order valence-electron chi connectivity index (χ2n) is 5.07. The van der Waals surface area contributed by atoms with Crippen LogP contribution in [0.2, 0.25) is 5.02 Å². The van der Waals surface area contributed by atoms with Crippen LogP contribution in [-0.4, -0.2) is 27.5 Å². The maximum absolute atomic E-state index is 12.1. The van der Waals surface area contributed by atoms with Crippen molar-refractivity contribution < 1.29 is 9.90 Å². The van der Waals surface area contributed by atoms with Gasteiger partial charge < -0.3 is 15.7 Å². The van der Waals surface area contributed by atoms with E-state index < -0.39 is 6.04 Å². The number of hydrogen-bond acceptors (Lipinski definition) is 3. The fraction of sp³-hybridized carbons (Fsp3) is 0.333. The first-order valence-electron chi connectivity index (χ1n) is 6.91. The molecule has 0 spiro atoms. The lowest BCUT2D eigenvalue weighted by Crippen LogP contribution is -2.40. The molecule has 118 valence electrons. The van der Waals surface area contributed by atoms with Gasteiger partial charge >= 0.3 is 6.03 Å². The first-order chi connectivity index (χ1) is 10.5. The van der Waals surface area contributed by atoms with Crippen molar-refractivity contribution in [3.8, 4) is 0 Å². The van der Waals surface area contributed by atoms with Crippen LogP contribution >= 0.6 is 11.6 Å². The number of halogens is 1. The number of carbonyl (C=O) groups excluding carboxylic acids is 1. The highest BCUT2D eigenvalue weighted by molar-refractivity contribution is 6.30. The summed E-state index contributed by atoms with van der Waals surface area (Å²) < 4.78 is 1.68. The minimum Gasteiger partial charge on any atom is -0.394 e. The predicted octanol–water partition coefficient (Wildman–Crippen LogP) is 2.17. The molecule has 0 aliphatic carbocycles. The Morgan fingerprint density at radius 1 is 1.32 bits per heavy atom. The number of carbonyl (C=O) groups is 1. The van der Waals surface area contributed by atoms with Gasteiger partial charge in [-0.25, -0.2) is 4.79 Å². The molecule has 0 fully saturated rings. The van der Waals surface area contributed by atoms with Crippen molar-refractivity contribution in [3.05, 3.63) is 52.8 Å². The Morgan fingerprint density at radius 2 is 2.00 bits per heavy atom. The van der Waals surface area contributed by atoms with Crippen molar-refractivity contribution in [1.29, 1.82) is 0 Å². The van der Waals surface area contributed by atoms with E-state index in [1.54, 1.807) is 35.1 Å². The highest BCUT2D eigenvalue weighted by Gasteiger charge is 2.16. The average Bonchev–Trinajstić information content (AvgIpc) is 2.92. The molecular weight excluding hydrogens is 304 g/mol. The molecule has 6 nitrogen and oxygen atoms in total. The van der Waals surface area contributed by atoms with Gasteiger partial charge in [0.15, 0.2) is 0 Å². The Bertz CT molecular complexity index is 627. The minimum atomic E-state index is -0.488. The number of urea groups is 1. The number of hydrogen-bond donors (Lipinski definition) is 3. The Labute approximate surface area is 134 Å². The van der Waals surface area contributed by atoms with Gasteiger partial charge in [-0.05, 0) is 24.6 Å². The third-order valence-electron chi connectivity index (χ3n) is 3.33. The van der Waals surface area contributed by atoms with Crippen LogP contribution < -0.4 is 10.6 Å². The van der Waals surface area contributed by atoms with E-state index in [2.05, 4.69) is 15.7 Å². The molecule has 1 aromatic carbocycles. The zero-order valence-electron chi connectivity index (χ0n) is 12.5. The van der Waals surface area contributed by atoms with Gasteiger partial charge in [-0.15, -0.1) is 0 Å². The van der Waals surface area contributed by atoms with Crippen molar-refractivity contribution in [2.24, 2.45) is 7.05 Å². The molecule has 0 saturated carbocycles. The number of aromatic nitrogens is 2. The lowest BCUT2D eigenvalue weighted by molar-refractivity contribution is 0.214. The fourth-order valence-corrected chi connectivity index (χ4v) is 2.20. The largest absolute Gasteiger partial charge is 0.394 e. The third-order valence-corrected chi connectivity index (χ3v) is 3.58. The van der Waals surface area contributed by atoms with Crippen LogP contribution in [0.25, 0.3) is 0 Å². The number of aliphatic hydroxyl groups excluding tert-OH is 1. The summed E-state index contributed by atoms with van der Waals surface area (Å²) in [5.74, 6) is 0. The van der Waals surface area contributed by atoms with Gasteiger partial charge in [0.25, 0.3) is 0 Å². The Morgan fingerprint density at radius 3 is 2.55 bits per heavy atom. The van der Waals surface area contributed by atoms with Gasteiger partial charge in [0.1, 0.15) is 0 Å². The van der Waals surface area contributed by atoms with Crippen molar-refractivity contribution >= 4 is 17.6 Å². The van der Waals surface area contributed by atoms with Crippen molar-refractivity contribution in [1.82, 2.24) is 20.4 Å². The molecule has 2 rings (SSSR count). The Kier molecular flexibility index (Phi) is 5.41. The molecule has 0 aliphatic heterocycles. The SMILES string of the molecule is CC(NC(=O)NC(CO)c1ccc(Cl)cc1)c1cnn(C)c1. The van der Waals surface area contributed by atoms with E-state index in [4.69, 9.17) is 11.6 Å². The van der Waals surface area contributed by atoms with Crippen LogP contribution in [0.15, 0.2) is 36.7 Å². The van der Waals surface area contributed by atoms with Crippen LogP contribution in [0.3, 0.4) is 0 Å². The van der Waals surface area contributed by atoms with Crippen molar-refractivity contribution in [3.63, 3.8) is 0 Å². The van der Waals surface area contributed by atoms with Gasteiger partial charge in [-0.2, -0.15) is 5.10 Å². The minimum absolute atomic E-state index is 0.182. The number of aryl methyl sites for hydroxylation is 1. The molecule has 2 amide bonds. The number of nitrogens with one attached hydrogen (secondary N) is 2. The first-order valence-corrected chi connectivity index (χ1v) is 7.29. The van der Waals surface area contributed by atoms with Crippen LogP contribution in [0.5, 0.6) is 0 Å². The first kappa shape index (κ1) is 16.3. The molecule has 2 aromatic rings. The number of benzene rings is 1. The van der Waals surface area contributed by atoms with Gasteiger partial charge in [0.2, 0.25) is 0 Å². The molecule has 2 unspecified atom stereocenters. The van der Waals surface area contributed by atoms with E-state index in [9.17, 15) is 9.90 Å². The smallest absolute Gasteiger partial charge is 0.315 e. The summed E-state index contributed by atoms with van der Waals surface area (Å²) in [6, 6.07) is 5.96. The summed E-state index contributed by atoms with van der Waals surface area (Å²) in [6.07, 6.45) is 3.54. The molecule has 0 bridgehead atoms. The van der Waals surface area contributed by atoms with E-state index in [1.807, 2.05) is 20.2 Å². The molecule has 1 aromatic heterocycles. The molecule has 0 saturated heterocycles. The summed E-state index contributed by atoms with van der Waals surface area (Å²) in [7, 11) is 1.82. The van der Waals surface area contributed by atoms with E-state index >= 15 is 0 Å². The highest BCUT2D eigenvalue weighted by Crippen LogP contribution is 2.16. The third kappa shape index (κ3) is 4.22. The molecule has 2 atom stereocenters. The van der Waals surface area contributed by atoms with E-state index in [-0.39, 0.29) is 18.7 Å². The zero-order valence-corrected chi connectivity index (χ0v) is 13.2. The second kappa shape index (κ2) is 7.29. The van der Waals surface area contributed by atoms with Gasteiger partial charge in [-0.3, -0.25) is 4.68 Å². The van der Waals surface area contributed by atoms with Crippen LogP contribution in [0.1, 0.15) is 30.1 Å². The number of amides is 2. The van der Waals surface area contributed by atoms with E-state index in [0.29, 0.717) is 5.02 Å². The van der Waals surface area contributed by atoms with Crippen LogP contribution in [0.4, 0.5) is 4.79 Å². The predicted molar refractivity (Wildman–Crippen MR) is 84.6 cm³/mol. The number of nitrogens with zero attached hydrogens (tertiary/aromatic N) is 2. The zero-order chi connectivity index (χ0) is 16.1. The Balaban J connectivity index is 1.96. The summed E-state index contributed by atoms with van der Waals surface area (Å²) in [5.41, 5.74) is 1.70. The lowest BCUT2D eigenvalue weighted by atomic mass is 10.1. The maximum atomic E-state index is 12.1. The molecular formula is C15H19ClN4O2. The van der Waals surface area contributed by atoms with Crippen molar-refractivity contribution in [2.75, 3.05) is 6.61 Å². The number of rotatable bonds is 5. The average molecular weight is 323 g/mol. The maximum Gasteiger partial charge on any atom is 0.315 e. The van der Waals surface area contributed by atoms with Crippen molar-refractivity contribution in [2.45, 2.75) is 19.0 Å². The summed E-state index contributed by atoms with van der Waals surface area (Å²) in [5, 5.41) is 19.7. The molecule has 1 heterocycles. The van der Waals surface area contributed by atoms with Gasteiger partial charge in [-0.1, -0.05) is 23.7 Å². The quantitative estimate of drug-likeness (QED) is 0.789. The fourth-order valence-electron chi connectivity index (χ4n) is 2.07. The molecule has 22 heavy (non-hydrogen) atoms. The van der Waals surface area contributed by atoms with Gasteiger partial charge in [0, 0.05) is 23.8 Å². The number of aliphatic hydroxyl groups is 1. The van der Waals surface area contributed by atoms with Crippen LogP contribution in [0, 0.1) is 0 Å². The Hall–Kier alpha value is -2.05. The second-order valence-corrected chi connectivity index (χ2v) is 5.51. The highest BCUT2D eigenvalue weighted by atomic mass is 35.5. The standard InChI is InChI=1S/C15H19ClN4O2/c1-10(12-7-17-20(2)8-12)18-15(22)19-14(9-21)11-3-5-13(16)6-4-11/h3-8,10,14,21H,9H2,1-2H3,(H2,18,19,22). The molecule has 0 aliphatic rings. The topological polar surface area (TPSA) is 79.2 Å². The normalized spacial score (nSPS) is 13.5. The van der Waals surface area contributed by atoms with Crippen LogP contribution in [-0.2, 0) is 7.05 Å². The summed E-state index contributed by atoms with van der Waals surface area (Å²) in [4.78, 5) is 12.1. The van der Waals surface area contributed by atoms with Gasteiger partial charge in [0.05, 0.1) is 24.9 Å². The molecule has 7 heteroatoms. The molecule has 0 radical (unpaired) electrons. The van der Waals surface area contributed by atoms with E-state index in [1.165, 1.54) is 0 Å². The van der Waals surface area contributed by atoms with E-state index in [0.717, 1.165) is 11.1 Å².